The SMILES string of the molecule is O=C(CCc1c(O)ccc2cc(Br)ccc12)c1ccccc1. The number of carbonyl (C=O) groups excluding carboxylic acids is 1. The van der Waals surface area contributed by atoms with E-state index in [0.717, 1.165) is 20.8 Å². The zero-order valence-corrected chi connectivity index (χ0v) is 13.5. The van der Waals surface area contributed by atoms with Crippen molar-refractivity contribution in [3.05, 3.63) is 76.3 Å². The highest BCUT2D eigenvalue weighted by Crippen LogP contribution is 2.30. The minimum Gasteiger partial charge on any atom is -0.508 e. The second-order valence-electron chi connectivity index (χ2n) is 5.22. The van der Waals surface area contributed by atoms with Crippen LogP contribution in [0.2, 0.25) is 0 Å². The molecule has 0 saturated heterocycles. The van der Waals surface area contributed by atoms with Gasteiger partial charge in [-0.1, -0.05) is 58.4 Å². The Morgan fingerprint density at radius 1 is 1.00 bits per heavy atom. The third kappa shape index (κ3) is 3.04. The molecule has 0 amide bonds. The molecule has 2 nitrogen and oxygen atoms in total. The molecule has 0 heterocycles. The van der Waals surface area contributed by atoms with Crippen molar-refractivity contribution in [3.8, 4) is 5.75 Å². The van der Waals surface area contributed by atoms with E-state index < -0.39 is 0 Å². The van der Waals surface area contributed by atoms with E-state index in [1.807, 2.05) is 54.6 Å². The summed E-state index contributed by atoms with van der Waals surface area (Å²) in [6, 6.07) is 18.8. The van der Waals surface area contributed by atoms with Gasteiger partial charge in [0.25, 0.3) is 0 Å². The summed E-state index contributed by atoms with van der Waals surface area (Å²) in [5, 5.41) is 12.2. The van der Waals surface area contributed by atoms with Crippen LogP contribution in [0, 0.1) is 0 Å². The van der Waals surface area contributed by atoms with Gasteiger partial charge in [-0.3, -0.25) is 4.79 Å². The lowest BCUT2D eigenvalue weighted by Gasteiger charge is -2.09. The lowest BCUT2D eigenvalue weighted by molar-refractivity contribution is 0.0983. The molecule has 3 heteroatoms. The topological polar surface area (TPSA) is 37.3 Å². The lowest BCUT2D eigenvalue weighted by atomic mass is 9.97. The zero-order chi connectivity index (χ0) is 15.5. The molecule has 0 bridgehead atoms. The highest BCUT2D eigenvalue weighted by molar-refractivity contribution is 9.10. The van der Waals surface area contributed by atoms with Crippen molar-refractivity contribution in [1.82, 2.24) is 0 Å². The van der Waals surface area contributed by atoms with Crippen molar-refractivity contribution < 1.29 is 9.90 Å². The number of phenols is 1. The Labute approximate surface area is 137 Å². The van der Waals surface area contributed by atoms with Gasteiger partial charge in [0.15, 0.2) is 5.78 Å². The fraction of sp³-hybridized carbons (Fsp3) is 0.105. The van der Waals surface area contributed by atoms with Gasteiger partial charge in [-0.2, -0.15) is 0 Å². The van der Waals surface area contributed by atoms with Gasteiger partial charge in [-0.15, -0.1) is 0 Å². The molecule has 3 rings (SSSR count). The average molecular weight is 355 g/mol. The summed E-state index contributed by atoms with van der Waals surface area (Å²) in [5.41, 5.74) is 1.54. The number of carbonyl (C=O) groups is 1. The third-order valence-electron chi connectivity index (χ3n) is 3.77. The molecule has 0 aliphatic rings. The van der Waals surface area contributed by atoms with Gasteiger partial charge < -0.3 is 5.11 Å². The molecule has 0 aromatic heterocycles. The fourth-order valence-electron chi connectivity index (χ4n) is 2.62. The van der Waals surface area contributed by atoms with E-state index in [1.54, 1.807) is 6.07 Å². The maximum atomic E-state index is 12.2. The molecule has 3 aromatic rings. The molecule has 0 fully saturated rings. The molecule has 0 atom stereocenters. The van der Waals surface area contributed by atoms with E-state index in [-0.39, 0.29) is 11.5 Å². The monoisotopic (exact) mass is 354 g/mol. The van der Waals surface area contributed by atoms with Crippen LogP contribution in [0.5, 0.6) is 5.75 Å². The first-order valence-corrected chi connectivity index (χ1v) is 7.93. The van der Waals surface area contributed by atoms with Gasteiger partial charge in [-0.05, 0) is 35.4 Å². The Morgan fingerprint density at radius 3 is 2.55 bits per heavy atom. The summed E-state index contributed by atoms with van der Waals surface area (Å²) in [5.74, 6) is 0.338. The molecular weight excluding hydrogens is 340 g/mol. The van der Waals surface area contributed by atoms with E-state index in [2.05, 4.69) is 15.9 Å². The molecule has 110 valence electrons. The van der Waals surface area contributed by atoms with E-state index in [9.17, 15) is 9.90 Å². The average Bonchev–Trinajstić information content (AvgIpc) is 2.54. The van der Waals surface area contributed by atoms with Gasteiger partial charge in [0.1, 0.15) is 5.75 Å². The maximum absolute atomic E-state index is 12.2. The first kappa shape index (κ1) is 14.8. The van der Waals surface area contributed by atoms with Gasteiger partial charge in [0, 0.05) is 22.0 Å². The minimum absolute atomic E-state index is 0.0918. The summed E-state index contributed by atoms with van der Waals surface area (Å²) in [4.78, 5) is 12.2. The molecule has 0 saturated carbocycles. The highest BCUT2D eigenvalue weighted by atomic mass is 79.9. The second-order valence-corrected chi connectivity index (χ2v) is 6.13. The number of halogens is 1. The number of Topliss-reactive ketones (excluding diaryl/α,β-unsaturated/α-hetero) is 1. The van der Waals surface area contributed by atoms with Gasteiger partial charge >= 0.3 is 0 Å². The minimum atomic E-state index is 0.0918. The Bertz CT molecular complexity index is 825. The number of phenolic OH excluding ortho intramolecular Hbond substituents is 1. The van der Waals surface area contributed by atoms with Crippen LogP contribution in [0.1, 0.15) is 22.3 Å². The summed E-state index contributed by atoms with van der Waals surface area (Å²) < 4.78 is 0.997. The summed E-state index contributed by atoms with van der Waals surface area (Å²) in [7, 11) is 0. The summed E-state index contributed by atoms with van der Waals surface area (Å²) >= 11 is 3.45. The number of benzene rings is 3. The normalized spacial score (nSPS) is 10.8. The summed E-state index contributed by atoms with van der Waals surface area (Å²) in [6.07, 6.45) is 0.908. The molecular formula is C19H15BrO2. The van der Waals surface area contributed by atoms with Crippen LogP contribution in [0.4, 0.5) is 0 Å². The molecule has 0 spiro atoms. The first-order valence-electron chi connectivity index (χ1n) is 7.13. The number of aryl methyl sites for hydroxylation is 1. The number of fused-ring (bicyclic) bond motifs is 1. The molecule has 22 heavy (non-hydrogen) atoms. The van der Waals surface area contributed by atoms with Crippen molar-refractivity contribution in [2.24, 2.45) is 0 Å². The second kappa shape index (κ2) is 6.32. The zero-order valence-electron chi connectivity index (χ0n) is 11.9. The number of ketones is 1. The number of rotatable bonds is 4. The smallest absolute Gasteiger partial charge is 0.163 e. The van der Waals surface area contributed by atoms with Crippen LogP contribution in [0.25, 0.3) is 10.8 Å². The van der Waals surface area contributed by atoms with E-state index in [4.69, 9.17) is 0 Å². The van der Waals surface area contributed by atoms with Crippen LogP contribution in [0.3, 0.4) is 0 Å². The molecule has 0 radical (unpaired) electrons. The van der Waals surface area contributed by atoms with E-state index in [0.29, 0.717) is 18.4 Å². The predicted octanol–water partition coefficient (Wildman–Crippen LogP) is 5.12. The molecule has 0 aliphatic carbocycles. The Morgan fingerprint density at radius 2 is 1.77 bits per heavy atom. The standard InChI is InChI=1S/C19H15BrO2/c20-15-7-8-16-14(12-15)6-10-19(22)17(16)9-11-18(21)13-4-2-1-3-5-13/h1-8,10,12,22H,9,11H2. The largest absolute Gasteiger partial charge is 0.508 e. The van der Waals surface area contributed by atoms with Crippen LogP contribution in [-0.2, 0) is 6.42 Å². The van der Waals surface area contributed by atoms with Crippen LogP contribution in [0.15, 0.2) is 65.1 Å². The van der Waals surface area contributed by atoms with Crippen LogP contribution in [-0.4, -0.2) is 10.9 Å². The fourth-order valence-corrected chi connectivity index (χ4v) is 3.00. The van der Waals surface area contributed by atoms with Gasteiger partial charge in [0.05, 0.1) is 0 Å². The molecule has 3 aromatic carbocycles. The molecule has 0 unspecified atom stereocenters. The Hall–Kier alpha value is -2.13. The maximum Gasteiger partial charge on any atom is 0.163 e. The van der Waals surface area contributed by atoms with Crippen molar-refractivity contribution in [1.29, 1.82) is 0 Å². The van der Waals surface area contributed by atoms with Crippen molar-refractivity contribution in [2.75, 3.05) is 0 Å². The molecule has 1 N–H and O–H groups in total. The summed E-state index contributed by atoms with van der Waals surface area (Å²) in [6.45, 7) is 0. The Balaban J connectivity index is 1.88. The lowest BCUT2D eigenvalue weighted by Crippen LogP contribution is -2.01. The molecule has 0 aliphatic heterocycles. The first-order chi connectivity index (χ1) is 10.6. The third-order valence-corrected chi connectivity index (χ3v) is 4.26. The number of hydrogen-bond acceptors (Lipinski definition) is 2. The van der Waals surface area contributed by atoms with Gasteiger partial charge in [-0.25, -0.2) is 0 Å². The van der Waals surface area contributed by atoms with Gasteiger partial charge in [0.2, 0.25) is 0 Å². The van der Waals surface area contributed by atoms with E-state index >= 15 is 0 Å². The number of aromatic hydroxyl groups is 1. The highest BCUT2D eigenvalue weighted by Gasteiger charge is 2.11. The number of hydrogen-bond donors (Lipinski definition) is 1. The van der Waals surface area contributed by atoms with Crippen molar-refractivity contribution in [3.63, 3.8) is 0 Å². The Kier molecular flexibility index (Phi) is 4.25. The van der Waals surface area contributed by atoms with E-state index in [1.165, 1.54) is 0 Å². The van der Waals surface area contributed by atoms with Crippen LogP contribution >= 0.6 is 15.9 Å². The van der Waals surface area contributed by atoms with Crippen LogP contribution < -0.4 is 0 Å². The predicted molar refractivity (Wildman–Crippen MR) is 92.4 cm³/mol. The quantitative estimate of drug-likeness (QED) is 0.660. The van der Waals surface area contributed by atoms with Crippen molar-refractivity contribution in [2.45, 2.75) is 12.8 Å². The van der Waals surface area contributed by atoms with Crippen molar-refractivity contribution >= 4 is 32.5 Å².